The van der Waals surface area contributed by atoms with Crippen LogP contribution in [0, 0.1) is 10.1 Å². The van der Waals surface area contributed by atoms with Gasteiger partial charge in [-0.1, -0.05) is 11.6 Å². The van der Waals surface area contributed by atoms with E-state index in [9.17, 15) is 20.0 Å². The molecule has 0 aliphatic carbocycles. The predicted molar refractivity (Wildman–Crippen MR) is 117 cm³/mol. The van der Waals surface area contributed by atoms with Gasteiger partial charge in [0.25, 0.3) is 0 Å². The SMILES string of the molecule is CC(C)(C)OC(=O)N1CCN(c2c([N+](=O)[O-])cnc3cc(Br)c(Cl)cc23)[C@H](CO)C1. The van der Waals surface area contributed by atoms with E-state index in [0.717, 1.165) is 0 Å². The van der Waals surface area contributed by atoms with Crippen LogP contribution in [-0.2, 0) is 4.74 Å². The van der Waals surface area contributed by atoms with Crippen LogP contribution in [0.25, 0.3) is 10.9 Å². The zero-order valence-electron chi connectivity index (χ0n) is 16.8. The number of nitrogens with zero attached hydrogens (tertiary/aromatic N) is 4. The van der Waals surface area contributed by atoms with E-state index in [4.69, 9.17) is 16.3 Å². The Kier molecular flexibility index (Phi) is 6.40. The molecule has 1 aromatic carbocycles. The molecule has 1 aromatic heterocycles. The van der Waals surface area contributed by atoms with Crippen LogP contribution in [0.3, 0.4) is 0 Å². The van der Waals surface area contributed by atoms with Crippen molar-refractivity contribution in [3.63, 3.8) is 0 Å². The number of nitro groups is 1. The van der Waals surface area contributed by atoms with Crippen molar-refractivity contribution in [3.05, 3.63) is 37.9 Å². The van der Waals surface area contributed by atoms with Gasteiger partial charge < -0.3 is 19.6 Å². The number of carbonyl (C=O) groups is 1. The molecule has 11 heteroatoms. The molecule has 2 aromatic rings. The molecule has 1 saturated heterocycles. The van der Waals surface area contributed by atoms with Crippen molar-refractivity contribution < 1.29 is 19.6 Å². The van der Waals surface area contributed by atoms with E-state index in [1.165, 1.54) is 11.1 Å². The molecule has 3 rings (SSSR count). The highest BCUT2D eigenvalue weighted by Gasteiger charge is 2.35. The van der Waals surface area contributed by atoms with Crippen LogP contribution in [0.1, 0.15) is 20.8 Å². The monoisotopic (exact) mass is 500 g/mol. The fraction of sp³-hybridized carbons (Fsp3) is 0.474. The predicted octanol–water partition coefficient (Wildman–Crippen LogP) is 3.98. The average molecular weight is 502 g/mol. The quantitative estimate of drug-likeness (QED) is 0.500. The minimum absolute atomic E-state index is 0.163. The number of amides is 1. The molecular formula is C19H22BrClN4O5. The molecule has 30 heavy (non-hydrogen) atoms. The van der Waals surface area contributed by atoms with Gasteiger partial charge in [-0.05, 0) is 48.8 Å². The van der Waals surface area contributed by atoms with Crippen LogP contribution in [0.4, 0.5) is 16.2 Å². The van der Waals surface area contributed by atoms with Gasteiger partial charge in [0.15, 0.2) is 0 Å². The van der Waals surface area contributed by atoms with Crippen LogP contribution in [0.2, 0.25) is 5.02 Å². The first-order valence-electron chi connectivity index (χ1n) is 9.29. The largest absolute Gasteiger partial charge is 0.444 e. The van der Waals surface area contributed by atoms with Gasteiger partial charge in [0.05, 0.1) is 28.1 Å². The van der Waals surface area contributed by atoms with Crippen LogP contribution < -0.4 is 4.90 Å². The lowest BCUT2D eigenvalue weighted by molar-refractivity contribution is -0.384. The first kappa shape index (κ1) is 22.5. The first-order valence-corrected chi connectivity index (χ1v) is 10.5. The number of anilines is 1. The summed E-state index contributed by atoms with van der Waals surface area (Å²) in [5, 5.41) is 22.6. The zero-order valence-corrected chi connectivity index (χ0v) is 19.1. The average Bonchev–Trinajstić information content (AvgIpc) is 2.66. The normalized spacial score (nSPS) is 17.3. The summed E-state index contributed by atoms with van der Waals surface area (Å²) < 4.78 is 6.04. The maximum absolute atomic E-state index is 12.5. The lowest BCUT2D eigenvalue weighted by Gasteiger charge is -2.42. The number of benzene rings is 1. The fourth-order valence-electron chi connectivity index (χ4n) is 3.40. The third-order valence-corrected chi connectivity index (χ3v) is 5.89. The smallest absolute Gasteiger partial charge is 0.410 e. The summed E-state index contributed by atoms with van der Waals surface area (Å²) in [5.74, 6) is 0. The topological polar surface area (TPSA) is 109 Å². The number of aliphatic hydroxyl groups excluding tert-OH is 1. The molecule has 1 aliphatic heterocycles. The summed E-state index contributed by atoms with van der Waals surface area (Å²) in [7, 11) is 0. The minimum Gasteiger partial charge on any atom is -0.444 e. The molecule has 2 heterocycles. The van der Waals surface area contributed by atoms with Crippen LogP contribution in [0.5, 0.6) is 0 Å². The number of halogens is 2. The lowest BCUT2D eigenvalue weighted by Crippen LogP contribution is -2.57. The van der Waals surface area contributed by atoms with E-state index < -0.39 is 22.7 Å². The lowest BCUT2D eigenvalue weighted by atomic mass is 10.1. The Morgan fingerprint density at radius 2 is 2.13 bits per heavy atom. The number of aliphatic hydroxyl groups is 1. The van der Waals surface area contributed by atoms with Gasteiger partial charge in [-0.15, -0.1) is 0 Å². The molecule has 1 fully saturated rings. The van der Waals surface area contributed by atoms with E-state index in [2.05, 4.69) is 20.9 Å². The Hall–Kier alpha value is -2.17. The van der Waals surface area contributed by atoms with Crippen LogP contribution >= 0.6 is 27.5 Å². The number of hydrogen-bond acceptors (Lipinski definition) is 7. The van der Waals surface area contributed by atoms with Crippen molar-refractivity contribution >= 4 is 55.9 Å². The number of carbonyl (C=O) groups excluding carboxylic acids is 1. The number of piperazine rings is 1. The van der Waals surface area contributed by atoms with Gasteiger partial charge in [-0.3, -0.25) is 10.1 Å². The Labute approximate surface area is 186 Å². The summed E-state index contributed by atoms with van der Waals surface area (Å²) in [4.78, 5) is 31.1. The Morgan fingerprint density at radius 1 is 1.43 bits per heavy atom. The van der Waals surface area contributed by atoms with E-state index in [0.29, 0.717) is 26.1 Å². The third-order valence-electron chi connectivity index (χ3n) is 4.69. The van der Waals surface area contributed by atoms with Crippen molar-refractivity contribution in [1.29, 1.82) is 0 Å². The van der Waals surface area contributed by atoms with Crippen molar-refractivity contribution in [2.24, 2.45) is 0 Å². The van der Waals surface area contributed by atoms with E-state index >= 15 is 0 Å². The molecule has 0 spiro atoms. The number of ether oxygens (including phenoxy) is 1. The highest BCUT2D eigenvalue weighted by Crippen LogP contribution is 2.40. The van der Waals surface area contributed by atoms with Gasteiger partial charge >= 0.3 is 11.8 Å². The molecule has 1 N–H and O–H groups in total. The van der Waals surface area contributed by atoms with Crippen molar-refractivity contribution in [1.82, 2.24) is 9.88 Å². The van der Waals surface area contributed by atoms with Crippen molar-refractivity contribution in [2.45, 2.75) is 32.4 Å². The van der Waals surface area contributed by atoms with Gasteiger partial charge in [0.2, 0.25) is 0 Å². The number of rotatable bonds is 3. The van der Waals surface area contributed by atoms with E-state index in [-0.39, 0.29) is 31.9 Å². The van der Waals surface area contributed by atoms with Gasteiger partial charge in [0, 0.05) is 29.5 Å². The van der Waals surface area contributed by atoms with Crippen LogP contribution in [-0.4, -0.2) is 63.9 Å². The van der Waals surface area contributed by atoms with E-state index in [1.54, 1.807) is 37.8 Å². The highest BCUT2D eigenvalue weighted by molar-refractivity contribution is 9.10. The Balaban J connectivity index is 2.02. The summed E-state index contributed by atoms with van der Waals surface area (Å²) in [6.45, 7) is 5.76. The van der Waals surface area contributed by atoms with E-state index in [1.807, 2.05) is 0 Å². The van der Waals surface area contributed by atoms with Crippen LogP contribution in [0.15, 0.2) is 22.8 Å². The molecule has 1 amide bonds. The second kappa shape index (κ2) is 8.52. The molecular weight excluding hydrogens is 480 g/mol. The maximum atomic E-state index is 12.5. The summed E-state index contributed by atoms with van der Waals surface area (Å²) in [6, 6.07) is 2.75. The number of fused-ring (bicyclic) bond motifs is 1. The van der Waals surface area contributed by atoms with Crippen molar-refractivity contribution in [2.75, 3.05) is 31.1 Å². The molecule has 1 aliphatic rings. The molecule has 0 radical (unpaired) electrons. The van der Waals surface area contributed by atoms with Gasteiger partial charge in [-0.25, -0.2) is 9.78 Å². The molecule has 162 valence electrons. The Bertz CT molecular complexity index is 997. The molecule has 0 unspecified atom stereocenters. The summed E-state index contributed by atoms with van der Waals surface area (Å²) in [6.07, 6.45) is 0.717. The zero-order chi connectivity index (χ0) is 22.2. The molecule has 0 saturated carbocycles. The fourth-order valence-corrected chi connectivity index (χ4v) is 3.89. The van der Waals surface area contributed by atoms with Crippen molar-refractivity contribution in [3.8, 4) is 0 Å². The summed E-state index contributed by atoms with van der Waals surface area (Å²) >= 11 is 9.59. The summed E-state index contributed by atoms with van der Waals surface area (Å²) in [5.41, 5.74) is 0.0122. The van der Waals surface area contributed by atoms with Gasteiger partial charge in [-0.2, -0.15) is 0 Å². The third kappa shape index (κ3) is 4.60. The number of pyridine rings is 1. The number of aromatic nitrogens is 1. The molecule has 0 bridgehead atoms. The van der Waals surface area contributed by atoms with Gasteiger partial charge in [0.1, 0.15) is 17.5 Å². The highest BCUT2D eigenvalue weighted by atomic mass is 79.9. The molecule has 9 nitrogen and oxygen atoms in total. The first-order chi connectivity index (χ1) is 14.0. The maximum Gasteiger partial charge on any atom is 0.410 e. The Morgan fingerprint density at radius 3 is 2.73 bits per heavy atom. The second-order valence-corrected chi connectivity index (χ2v) is 9.25. The number of hydrogen-bond donors (Lipinski definition) is 1. The standard InChI is InChI=1S/C19H22BrClN4O5/c1-19(2,3)30-18(27)23-4-5-24(11(9-23)10-26)17-12-6-14(21)13(20)7-15(12)22-8-16(17)25(28)29/h6-8,11,26H,4-5,9-10H2,1-3H3/t11-/m0/s1. The minimum atomic E-state index is -0.646. The molecule has 1 atom stereocenters. The second-order valence-electron chi connectivity index (χ2n) is 7.99.